The second-order valence-electron chi connectivity index (χ2n) is 6.05. The number of ether oxygens (including phenoxy) is 2. The van der Waals surface area contributed by atoms with Crippen LogP contribution in [0.5, 0.6) is 11.5 Å². The summed E-state index contributed by atoms with van der Waals surface area (Å²) in [5, 5.41) is 0. The van der Waals surface area contributed by atoms with Gasteiger partial charge in [-0.05, 0) is 37.5 Å². The minimum Gasteiger partial charge on any atom is -0.493 e. The fraction of sp³-hybridized carbons (Fsp3) is 0.647. The van der Waals surface area contributed by atoms with E-state index in [4.69, 9.17) is 15.2 Å². The molecule has 4 nitrogen and oxygen atoms in total. The molecule has 1 atom stereocenters. The van der Waals surface area contributed by atoms with Crippen molar-refractivity contribution in [3.8, 4) is 11.5 Å². The van der Waals surface area contributed by atoms with E-state index in [0.717, 1.165) is 18.0 Å². The molecule has 2 N–H and O–H groups in total. The topological polar surface area (TPSA) is 47.7 Å². The summed E-state index contributed by atoms with van der Waals surface area (Å²) in [5.41, 5.74) is 7.24. The van der Waals surface area contributed by atoms with Crippen LogP contribution in [0.4, 0.5) is 0 Å². The van der Waals surface area contributed by atoms with Gasteiger partial charge >= 0.3 is 0 Å². The van der Waals surface area contributed by atoms with Gasteiger partial charge in [0.2, 0.25) is 0 Å². The van der Waals surface area contributed by atoms with Gasteiger partial charge in [-0.15, -0.1) is 0 Å². The van der Waals surface area contributed by atoms with Gasteiger partial charge in [0.15, 0.2) is 11.5 Å². The number of benzene rings is 1. The van der Waals surface area contributed by atoms with E-state index in [2.05, 4.69) is 38.7 Å². The third-order valence-corrected chi connectivity index (χ3v) is 3.66. The minimum atomic E-state index is 0.187. The molecule has 0 amide bonds. The van der Waals surface area contributed by atoms with Crippen LogP contribution < -0.4 is 15.2 Å². The van der Waals surface area contributed by atoms with Gasteiger partial charge in [0.1, 0.15) is 0 Å². The largest absolute Gasteiger partial charge is 0.493 e. The van der Waals surface area contributed by atoms with Crippen molar-refractivity contribution >= 4 is 0 Å². The fourth-order valence-electron chi connectivity index (χ4n) is 2.64. The zero-order valence-electron chi connectivity index (χ0n) is 14.2. The van der Waals surface area contributed by atoms with Crippen LogP contribution in [0.25, 0.3) is 0 Å². The molecule has 0 fully saturated rings. The van der Waals surface area contributed by atoms with Gasteiger partial charge in [0.05, 0.1) is 14.2 Å². The SMILES string of the molecule is COc1ccc(C(CN)N(CC(C)C)C(C)C)cc1OC. The number of rotatable bonds is 8. The maximum atomic E-state index is 6.07. The van der Waals surface area contributed by atoms with Crippen LogP contribution in [0.2, 0.25) is 0 Å². The van der Waals surface area contributed by atoms with Gasteiger partial charge in [0.25, 0.3) is 0 Å². The highest BCUT2D eigenvalue weighted by atomic mass is 16.5. The quantitative estimate of drug-likeness (QED) is 0.800. The molecule has 0 heterocycles. The Hall–Kier alpha value is -1.26. The van der Waals surface area contributed by atoms with Crippen LogP contribution in [0.1, 0.15) is 39.3 Å². The van der Waals surface area contributed by atoms with Gasteiger partial charge in [-0.2, -0.15) is 0 Å². The van der Waals surface area contributed by atoms with Gasteiger partial charge in [0, 0.05) is 25.2 Å². The van der Waals surface area contributed by atoms with Gasteiger partial charge in [-0.25, -0.2) is 0 Å². The summed E-state index contributed by atoms with van der Waals surface area (Å²) in [4.78, 5) is 2.45. The number of methoxy groups -OCH3 is 2. The summed E-state index contributed by atoms with van der Waals surface area (Å²) in [6.45, 7) is 10.5. The van der Waals surface area contributed by atoms with Crippen LogP contribution in [0.15, 0.2) is 18.2 Å². The van der Waals surface area contributed by atoms with E-state index < -0.39 is 0 Å². The Labute approximate surface area is 129 Å². The lowest BCUT2D eigenvalue weighted by atomic mass is 10.0. The summed E-state index contributed by atoms with van der Waals surface area (Å²) in [6, 6.07) is 6.69. The van der Waals surface area contributed by atoms with E-state index >= 15 is 0 Å². The normalized spacial score (nSPS) is 13.0. The molecule has 0 saturated heterocycles. The van der Waals surface area contributed by atoms with Crippen LogP contribution in [0.3, 0.4) is 0 Å². The first kappa shape index (κ1) is 17.8. The first-order valence-corrected chi connectivity index (χ1v) is 7.62. The Morgan fingerprint density at radius 2 is 1.67 bits per heavy atom. The van der Waals surface area contributed by atoms with Crippen molar-refractivity contribution in [3.05, 3.63) is 23.8 Å². The molecule has 0 aliphatic carbocycles. The number of hydrogen-bond acceptors (Lipinski definition) is 4. The van der Waals surface area contributed by atoms with Crippen molar-refractivity contribution in [2.45, 2.75) is 39.8 Å². The highest BCUT2D eigenvalue weighted by Crippen LogP contribution is 2.32. The molecule has 1 aromatic carbocycles. The van der Waals surface area contributed by atoms with E-state index in [1.807, 2.05) is 12.1 Å². The first-order valence-electron chi connectivity index (χ1n) is 7.62. The summed E-state index contributed by atoms with van der Waals surface area (Å²) in [5.74, 6) is 2.10. The van der Waals surface area contributed by atoms with E-state index in [-0.39, 0.29) is 6.04 Å². The molecule has 0 aromatic heterocycles. The summed E-state index contributed by atoms with van der Waals surface area (Å²) >= 11 is 0. The smallest absolute Gasteiger partial charge is 0.161 e. The molecular weight excluding hydrogens is 264 g/mol. The van der Waals surface area contributed by atoms with Crippen molar-refractivity contribution in [3.63, 3.8) is 0 Å². The number of nitrogens with zero attached hydrogens (tertiary/aromatic N) is 1. The highest BCUT2D eigenvalue weighted by Gasteiger charge is 2.23. The molecule has 1 unspecified atom stereocenters. The van der Waals surface area contributed by atoms with Gasteiger partial charge in [-0.3, -0.25) is 4.90 Å². The predicted octanol–water partition coefficient (Wildman–Crippen LogP) is 3.07. The second kappa shape index (κ2) is 8.25. The molecule has 1 aromatic rings. The molecule has 4 heteroatoms. The summed E-state index contributed by atoms with van der Waals surface area (Å²) < 4.78 is 10.7. The molecule has 0 spiro atoms. The molecule has 0 saturated carbocycles. The van der Waals surface area contributed by atoms with Gasteiger partial charge < -0.3 is 15.2 Å². The van der Waals surface area contributed by atoms with Crippen LogP contribution in [-0.2, 0) is 0 Å². The minimum absolute atomic E-state index is 0.187. The highest BCUT2D eigenvalue weighted by molar-refractivity contribution is 5.44. The predicted molar refractivity (Wildman–Crippen MR) is 88.0 cm³/mol. The van der Waals surface area contributed by atoms with Crippen LogP contribution in [0, 0.1) is 5.92 Å². The van der Waals surface area contributed by atoms with E-state index in [1.54, 1.807) is 14.2 Å². The molecule has 120 valence electrons. The molecule has 21 heavy (non-hydrogen) atoms. The maximum absolute atomic E-state index is 6.07. The van der Waals surface area contributed by atoms with E-state index in [1.165, 1.54) is 5.56 Å². The average molecular weight is 294 g/mol. The lowest BCUT2D eigenvalue weighted by Gasteiger charge is -2.36. The lowest BCUT2D eigenvalue weighted by molar-refractivity contribution is 0.138. The van der Waals surface area contributed by atoms with Crippen molar-refractivity contribution in [1.82, 2.24) is 4.90 Å². The third-order valence-electron chi connectivity index (χ3n) is 3.66. The maximum Gasteiger partial charge on any atom is 0.161 e. The Bertz CT molecular complexity index is 433. The number of hydrogen-bond donors (Lipinski definition) is 1. The Balaban J connectivity index is 3.12. The van der Waals surface area contributed by atoms with E-state index in [9.17, 15) is 0 Å². The lowest BCUT2D eigenvalue weighted by Crippen LogP contribution is -2.40. The van der Waals surface area contributed by atoms with Crippen molar-refractivity contribution in [1.29, 1.82) is 0 Å². The van der Waals surface area contributed by atoms with Crippen molar-refractivity contribution in [2.75, 3.05) is 27.3 Å². The molecular formula is C17H30N2O2. The van der Waals surface area contributed by atoms with Crippen LogP contribution in [-0.4, -0.2) is 38.3 Å². The third kappa shape index (κ3) is 4.61. The van der Waals surface area contributed by atoms with Gasteiger partial charge in [-0.1, -0.05) is 19.9 Å². The number of nitrogens with two attached hydrogens (primary N) is 1. The van der Waals surface area contributed by atoms with Crippen molar-refractivity contribution in [2.24, 2.45) is 11.7 Å². The van der Waals surface area contributed by atoms with E-state index in [0.29, 0.717) is 18.5 Å². The Morgan fingerprint density at radius 3 is 2.10 bits per heavy atom. The van der Waals surface area contributed by atoms with Crippen molar-refractivity contribution < 1.29 is 9.47 Å². The molecule has 0 aliphatic heterocycles. The van der Waals surface area contributed by atoms with Crippen LogP contribution >= 0.6 is 0 Å². The molecule has 0 bridgehead atoms. The standard InChI is InChI=1S/C17H30N2O2/c1-12(2)11-19(13(3)4)15(10-18)14-7-8-16(20-5)17(9-14)21-6/h7-9,12-13,15H,10-11,18H2,1-6H3. The Morgan fingerprint density at radius 1 is 1.05 bits per heavy atom. The Kier molecular flexibility index (Phi) is 6.99. The summed E-state index contributed by atoms with van der Waals surface area (Å²) in [7, 11) is 3.31. The molecule has 0 aliphatic rings. The first-order chi connectivity index (χ1) is 9.94. The zero-order valence-corrected chi connectivity index (χ0v) is 14.2. The molecule has 0 radical (unpaired) electrons. The second-order valence-corrected chi connectivity index (χ2v) is 6.05. The average Bonchev–Trinajstić information content (AvgIpc) is 2.46. The monoisotopic (exact) mass is 294 g/mol. The fourth-order valence-corrected chi connectivity index (χ4v) is 2.64. The summed E-state index contributed by atoms with van der Waals surface area (Å²) in [6.07, 6.45) is 0. The zero-order chi connectivity index (χ0) is 16.0. The molecule has 1 rings (SSSR count).